The van der Waals surface area contributed by atoms with Crippen LogP contribution in [0.4, 0.5) is 0 Å². The summed E-state index contributed by atoms with van der Waals surface area (Å²) in [5.74, 6) is 0.690. The highest BCUT2D eigenvalue weighted by Gasteiger charge is 2.17. The van der Waals surface area contributed by atoms with E-state index in [2.05, 4.69) is 77.8 Å². The lowest BCUT2D eigenvalue weighted by atomic mass is 10.0. The van der Waals surface area contributed by atoms with Gasteiger partial charge < -0.3 is 0 Å². The lowest BCUT2D eigenvalue weighted by molar-refractivity contribution is 1.18. The molecule has 4 heteroatoms. The van der Waals surface area contributed by atoms with Gasteiger partial charge in [0.05, 0.1) is 17.1 Å². The quantitative estimate of drug-likeness (QED) is 0.247. The lowest BCUT2D eigenvalue weighted by Crippen LogP contribution is -1.98. The molecule has 0 spiro atoms. The van der Waals surface area contributed by atoms with Gasteiger partial charge in [0.2, 0.25) is 0 Å². The molecule has 0 amide bonds. The fourth-order valence-corrected chi connectivity index (χ4v) is 6.06. The first-order valence-corrected chi connectivity index (χ1v) is 13.0. The molecule has 0 atom stereocenters. The Morgan fingerprint density at radius 3 is 2.05 bits per heavy atom. The molecule has 4 aromatic carbocycles. The Labute approximate surface area is 218 Å². The number of benzene rings is 4. The summed E-state index contributed by atoms with van der Waals surface area (Å²) in [4.78, 5) is 14.9. The Balaban J connectivity index is 1.50. The van der Waals surface area contributed by atoms with Gasteiger partial charge in [-0.15, -0.1) is 11.3 Å². The van der Waals surface area contributed by atoms with Gasteiger partial charge in [0, 0.05) is 48.6 Å². The number of pyridine rings is 1. The van der Waals surface area contributed by atoms with Crippen LogP contribution in [-0.2, 0) is 0 Å². The van der Waals surface area contributed by atoms with Crippen LogP contribution in [0.25, 0.3) is 65.3 Å². The highest BCUT2D eigenvalue weighted by Crippen LogP contribution is 2.40. The molecular weight excluding hydrogens is 470 g/mol. The van der Waals surface area contributed by atoms with Crippen LogP contribution in [0.3, 0.4) is 0 Å². The molecule has 0 aliphatic carbocycles. The van der Waals surface area contributed by atoms with Gasteiger partial charge in [-0.05, 0) is 24.3 Å². The van der Waals surface area contributed by atoms with Gasteiger partial charge >= 0.3 is 0 Å². The molecule has 0 unspecified atom stereocenters. The van der Waals surface area contributed by atoms with E-state index in [4.69, 9.17) is 9.97 Å². The van der Waals surface area contributed by atoms with Crippen LogP contribution in [0.1, 0.15) is 0 Å². The fraction of sp³-hybridized carbons (Fsp3) is 0. The summed E-state index contributed by atoms with van der Waals surface area (Å²) >= 11 is 1.82. The van der Waals surface area contributed by atoms with Crippen LogP contribution in [0, 0.1) is 0 Å². The van der Waals surface area contributed by atoms with Crippen molar-refractivity contribution in [2.24, 2.45) is 0 Å². The molecule has 0 N–H and O–H groups in total. The Kier molecular flexibility index (Phi) is 5.30. The third-order valence-corrected chi connectivity index (χ3v) is 7.80. The van der Waals surface area contributed by atoms with Crippen LogP contribution >= 0.6 is 11.3 Å². The maximum Gasteiger partial charge on any atom is 0.161 e. The number of aromatic nitrogens is 3. The second-order valence-corrected chi connectivity index (χ2v) is 9.92. The summed E-state index contributed by atoms with van der Waals surface area (Å²) in [5, 5.41) is 2.54. The van der Waals surface area contributed by atoms with Crippen molar-refractivity contribution < 1.29 is 0 Å². The number of fused-ring (bicyclic) bond motifs is 3. The van der Waals surface area contributed by atoms with Crippen LogP contribution in [-0.4, -0.2) is 15.0 Å². The maximum absolute atomic E-state index is 5.17. The summed E-state index contributed by atoms with van der Waals surface area (Å²) in [6.07, 6.45) is 1.82. The molecule has 7 aromatic rings. The standard InChI is InChI=1S/C33H21N3S/c1-2-11-22(12-3-1)29-21-30(27-17-10-16-25-24-14-6-7-19-31(24)37-32(25)27)36-33(35-29)26-15-5-4-13-23(26)28-18-8-9-20-34-28/h1-21H. The minimum atomic E-state index is 0.690. The molecule has 37 heavy (non-hydrogen) atoms. The smallest absolute Gasteiger partial charge is 0.161 e. The van der Waals surface area contributed by atoms with Crippen molar-refractivity contribution in [3.8, 4) is 45.2 Å². The molecule has 0 radical (unpaired) electrons. The summed E-state index contributed by atoms with van der Waals surface area (Å²) in [6, 6.07) is 41.7. The van der Waals surface area contributed by atoms with Crippen LogP contribution < -0.4 is 0 Å². The monoisotopic (exact) mass is 491 g/mol. The summed E-state index contributed by atoms with van der Waals surface area (Å²) < 4.78 is 2.52. The number of nitrogens with zero attached hydrogens (tertiary/aromatic N) is 3. The molecule has 0 fully saturated rings. The Hall–Kier alpha value is -4.67. The normalized spacial score (nSPS) is 11.2. The zero-order valence-electron chi connectivity index (χ0n) is 19.9. The van der Waals surface area contributed by atoms with Crippen molar-refractivity contribution >= 4 is 31.5 Å². The van der Waals surface area contributed by atoms with E-state index in [1.807, 2.05) is 66.1 Å². The van der Waals surface area contributed by atoms with Gasteiger partial charge in [-0.2, -0.15) is 0 Å². The first kappa shape index (κ1) is 21.6. The van der Waals surface area contributed by atoms with Crippen LogP contribution in [0.15, 0.2) is 128 Å². The second kappa shape index (κ2) is 9.08. The van der Waals surface area contributed by atoms with Gasteiger partial charge in [0.25, 0.3) is 0 Å². The molecule has 0 saturated heterocycles. The number of hydrogen-bond donors (Lipinski definition) is 0. The molecule has 3 heterocycles. The molecule has 7 rings (SSSR count). The average Bonchev–Trinajstić information content (AvgIpc) is 3.37. The fourth-order valence-electron chi connectivity index (χ4n) is 4.83. The van der Waals surface area contributed by atoms with Crippen molar-refractivity contribution in [2.75, 3.05) is 0 Å². The molecule has 3 aromatic heterocycles. The van der Waals surface area contributed by atoms with E-state index in [1.54, 1.807) is 0 Å². The van der Waals surface area contributed by atoms with Gasteiger partial charge in [-0.1, -0.05) is 97.1 Å². The van der Waals surface area contributed by atoms with E-state index in [0.717, 1.165) is 39.3 Å². The average molecular weight is 492 g/mol. The van der Waals surface area contributed by atoms with Gasteiger partial charge in [-0.3, -0.25) is 4.98 Å². The first-order chi connectivity index (χ1) is 18.3. The van der Waals surface area contributed by atoms with Crippen molar-refractivity contribution in [1.29, 1.82) is 0 Å². The predicted molar refractivity (Wildman–Crippen MR) is 154 cm³/mol. The molecule has 0 bridgehead atoms. The zero-order valence-corrected chi connectivity index (χ0v) is 20.7. The molecule has 3 nitrogen and oxygen atoms in total. The van der Waals surface area contributed by atoms with Crippen molar-refractivity contribution in [2.45, 2.75) is 0 Å². The van der Waals surface area contributed by atoms with Crippen molar-refractivity contribution in [3.05, 3.63) is 128 Å². The third kappa shape index (κ3) is 3.88. The van der Waals surface area contributed by atoms with E-state index in [0.29, 0.717) is 5.82 Å². The van der Waals surface area contributed by atoms with E-state index in [-0.39, 0.29) is 0 Å². The van der Waals surface area contributed by atoms with Gasteiger partial charge in [0.1, 0.15) is 0 Å². The Morgan fingerprint density at radius 1 is 0.486 bits per heavy atom. The molecule has 0 aliphatic heterocycles. The topological polar surface area (TPSA) is 38.7 Å². The molecule has 174 valence electrons. The Bertz CT molecular complexity index is 1880. The lowest BCUT2D eigenvalue weighted by Gasteiger charge is -2.12. The maximum atomic E-state index is 5.17. The van der Waals surface area contributed by atoms with Crippen LogP contribution in [0.2, 0.25) is 0 Å². The summed E-state index contributed by atoms with van der Waals surface area (Å²) in [7, 11) is 0. The third-order valence-electron chi connectivity index (χ3n) is 6.58. The second-order valence-electron chi connectivity index (χ2n) is 8.87. The zero-order chi connectivity index (χ0) is 24.6. The highest BCUT2D eigenvalue weighted by atomic mass is 32.1. The number of rotatable bonds is 4. The number of hydrogen-bond acceptors (Lipinski definition) is 4. The van der Waals surface area contributed by atoms with E-state index < -0.39 is 0 Å². The van der Waals surface area contributed by atoms with E-state index in [9.17, 15) is 0 Å². The minimum Gasteiger partial charge on any atom is -0.256 e. The number of thiophene rings is 1. The minimum absolute atomic E-state index is 0.690. The van der Waals surface area contributed by atoms with E-state index in [1.165, 1.54) is 20.2 Å². The molecule has 0 saturated carbocycles. The first-order valence-electron chi connectivity index (χ1n) is 12.2. The Morgan fingerprint density at radius 2 is 1.19 bits per heavy atom. The van der Waals surface area contributed by atoms with Crippen molar-refractivity contribution in [3.63, 3.8) is 0 Å². The summed E-state index contributed by atoms with van der Waals surface area (Å²) in [6.45, 7) is 0. The highest BCUT2D eigenvalue weighted by molar-refractivity contribution is 7.26. The van der Waals surface area contributed by atoms with Crippen LogP contribution in [0.5, 0.6) is 0 Å². The summed E-state index contributed by atoms with van der Waals surface area (Å²) in [5.41, 5.74) is 6.87. The SMILES string of the molecule is c1ccc(-c2cc(-c3cccc4c3sc3ccccc34)nc(-c3ccccc3-c3ccccn3)n2)cc1. The largest absolute Gasteiger partial charge is 0.256 e. The van der Waals surface area contributed by atoms with Gasteiger partial charge in [-0.25, -0.2) is 9.97 Å². The molecular formula is C33H21N3S. The molecule has 0 aliphatic rings. The van der Waals surface area contributed by atoms with Gasteiger partial charge in [0.15, 0.2) is 5.82 Å². The predicted octanol–water partition coefficient (Wildman–Crippen LogP) is 8.91. The van der Waals surface area contributed by atoms with Crippen molar-refractivity contribution in [1.82, 2.24) is 15.0 Å². The van der Waals surface area contributed by atoms with E-state index >= 15 is 0 Å².